The van der Waals surface area contributed by atoms with Crippen LogP contribution in [0.3, 0.4) is 0 Å². The average Bonchev–Trinajstić information content (AvgIpc) is 3.02. The summed E-state index contributed by atoms with van der Waals surface area (Å²) in [5.41, 5.74) is 1.86. The molecule has 1 unspecified atom stereocenters. The fourth-order valence-electron chi connectivity index (χ4n) is 3.07. The summed E-state index contributed by atoms with van der Waals surface area (Å²) >= 11 is 1.60. The lowest BCUT2D eigenvalue weighted by Crippen LogP contribution is -2.28. The van der Waals surface area contributed by atoms with Gasteiger partial charge in [0.15, 0.2) is 17.3 Å². The van der Waals surface area contributed by atoms with E-state index in [-0.39, 0.29) is 12.5 Å². The Labute approximate surface area is 156 Å². The van der Waals surface area contributed by atoms with Crippen molar-refractivity contribution in [2.24, 2.45) is 0 Å². The van der Waals surface area contributed by atoms with E-state index in [1.165, 1.54) is 6.92 Å². The molecule has 6 heteroatoms. The van der Waals surface area contributed by atoms with Crippen LogP contribution in [0.25, 0.3) is 0 Å². The number of benzene rings is 2. The normalized spacial score (nSPS) is 17.8. The molecule has 5 nitrogen and oxygen atoms in total. The molecule has 0 aliphatic carbocycles. The Morgan fingerprint density at radius 1 is 1.19 bits per heavy atom. The number of aliphatic hydroxyl groups is 1. The van der Waals surface area contributed by atoms with Crippen molar-refractivity contribution in [1.82, 2.24) is 5.32 Å². The number of carbonyl (C=O) groups excluding carboxylic acids is 1. The number of nitrogens with one attached hydrogen (secondary N) is 1. The number of fused-ring (bicyclic) bond motifs is 3. The molecule has 26 heavy (non-hydrogen) atoms. The van der Waals surface area contributed by atoms with Crippen LogP contribution in [0.4, 0.5) is 0 Å². The molecule has 0 saturated heterocycles. The maximum atomic E-state index is 11.4. The van der Waals surface area contributed by atoms with Crippen LogP contribution in [0.2, 0.25) is 0 Å². The summed E-state index contributed by atoms with van der Waals surface area (Å²) in [7, 11) is 0. The second kappa shape index (κ2) is 7.05. The summed E-state index contributed by atoms with van der Waals surface area (Å²) in [6, 6.07) is 13.8. The van der Waals surface area contributed by atoms with E-state index in [9.17, 15) is 9.90 Å². The van der Waals surface area contributed by atoms with Gasteiger partial charge in [0.05, 0.1) is 12.6 Å². The van der Waals surface area contributed by atoms with E-state index in [1.54, 1.807) is 11.8 Å². The Kier molecular flexibility index (Phi) is 4.61. The van der Waals surface area contributed by atoms with Crippen LogP contribution < -0.4 is 14.8 Å². The number of rotatable bonds is 4. The van der Waals surface area contributed by atoms with Gasteiger partial charge in [-0.2, -0.15) is 0 Å². The van der Waals surface area contributed by atoms with Gasteiger partial charge in [0.25, 0.3) is 0 Å². The molecule has 4 rings (SSSR count). The summed E-state index contributed by atoms with van der Waals surface area (Å²) < 4.78 is 12.3. The Balaban J connectivity index is 1.69. The fraction of sp³-hybridized carbons (Fsp3) is 0.250. The summed E-state index contributed by atoms with van der Waals surface area (Å²) in [6.07, 6.45) is -0.0184. The summed E-state index contributed by atoms with van der Waals surface area (Å²) in [4.78, 5) is 12.4. The van der Waals surface area contributed by atoms with Gasteiger partial charge in [-0.25, -0.2) is 0 Å². The molecule has 2 heterocycles. The van der Waals surface area contributed by atoms with Crippen LogP contribution >= 0.6 is 11.8 Å². The third-order valence-electron chi connectivity index (χ3n) is 4.32. The van der Waals surface area contributed by atoms with E-state index in [0.29, 0.717) is 35.2 Å². The van der Waals surface area contributed by atoms with Crippen LogP contribution in [0, 0.1) is 0 Å². The highest BCUT2D eigenvalue weighted by molar-refractivity contribution is 7.99. The van der Waals surface area contributed by atoms with Gasteiger partial charge in [-0.1, -0.05) is 30.3 Å². The van der Waals surface area contributed by atoms with Gasteiger partial charge in [0.2, 0.25) is 5.91 Å². The van der Waals surface area contributed by atoms with E-state index in [4.69, 9.17) is 9.47 Å². The van der Waals surface area contributed by atoms with Crippen LogP contribution in [0.1, 0.15) is 24.2 Å². The van der Waals surface area contributed by atoms with Gasteiger partial charge in [-0.3, -0.25) is 4.79 Å². The highest BCUT2D eigenvalue weighted by Crippen LogP contribution is 2.50. The minimum Gasteiger partial charge on any atom is -0.454 e. The molecule has 134 valence electrons. The number of ether oxygens (including phenoxy) is 2. The summed E-state index contributed by atoms with van der Waals surface area (Å²) in [6.45, 7) is 1.71. The zero-order valence-corrected chi connectivity index (χ0v) is 15.1. The van der Waals surface area contributed by atoms with E-state index in [0.717, 1.165) is 16.0 Å². The molecule has 2 aromatic rings. The van der Waals surface area contributed by atoms with Crippen LogP contribution in [-0.2, 0) is 11.2 Å². The van der Waals surface area contributed by atoms with Gasteiger partial charge < -0.3 is 19.9 Å². The van der Waals surface area contributed by atoms with E-state index in [2.05, 4.69) is 5.32 Å². The maximum absolute atomic E-state index is 11.4. The molecule has 2 aliphatic heterocycles. The molecular formula is C20H19NO4S. The van der Waals surface area contributed by atoms with Crippen LogP contribution in [0.5, 0.6) is 11.5 Å². The summed E-state index contributed by atoms with van der Waals surface area (Å²) in [5.74, 6) is 2.85. The third-order valence-corrected chi connectivity index (χ3v) is 5.47. The third kappa shape index (κ3) is 3.30. The van der Waals surface area contributed by atoms with Crippen molar-refractivity contribution in [2.75, 3.05) is 12.3 Å². The first kappa shape index (κ1) is 17.0. The number of hydrogen-bond acceptors (Lipinski definition) is 5. The highest BCUT2D eigenvalue weighted by atomic mass is 32.2. The van der Waals surface area contributed by atoms with Crippen molar-refractivity contribution in [3.05, 3.63) is 65.1 Å². The standard InChI is InChI=1S/C20H19NO4S/c1-12(22)21-10-17-16(9-13-5-3-2-4-6-13)24-15-7-8-18-19(20(15)25-17)14(23)11-26-18/h2-8,14,23H,9-11H2,1H3,(H,21,22). The van der Waals surface area contributed by atoms with Gasteiger partial charge in [0, 0.05) is 29.6 Å². The smallest absolute Gasteiger partial charge is 0.217 e. The largest absolute Gasteiger partial charge is 0.454 e. The number of allylic oxidation sites excluding steroid dienone is 1. The average molecular weight is 369 g/mol. The lowest BCUT2D eigenvalue weighted by Gasteiger charge is -2.26. The number of carbonyl (C=O) groups is 1. The number of amides is 1. The highest BCUT2D eigenvalue weighted by Gasteiger charge is 2.32. The Morgan fingerprint density at radius 3 is 2.77 bits per heavy atom. The molecule has 2 aromatic carbocycles. The van der Waals surface area contributed by atoms with Crippen molar-refractivity contribution in [3.63, 3.8) is 0 Å². The molecule has 0 fully saturated rings. The van der Waals surface area contributed by atoms with Gasteiger partial charge in [-0.05, 0) is 17.7 Å². The molecule has 0 saturated carbocycles. The monoisotopic (exact) mass is 369 g/mol. The van der Waals surface area contributed by atoms with Crippen molar-refractivity contribution in [2.45, 2.75) is 24.3 Å². The zero-order chi connectivity index (χ0) is 18.1. The van der Waals surface area contributed by atoms with Gasteiger partial charge >= 0.3 is 0 Å². The predicted octanol–water partition coefficient (Wildman–Crippen LogP) is 3.19. The molecule has 0 bridgehead atoms. The van der Waals surface area contributed by atoms with Crippen molar-refractivity contribution in [3.8, 4) is 11.5 Å². The minimum atomic E-state index is -0.578. The first-order chi connectivity index (χ1) is 12.6. The fourth-order valence-corrected chi connectivity index (χ4v) is 4.12. The van der Waals surface area contributed by atoms with Crippen LogP contribution in [-0.4, -0.2) is 23.3 Å². The van der Waals surface area contributed by atoms with Gasteiger partial charge in [-0.15, -0.1) is 11.8 Å². The molecule has 0 aromatic heterocycles. The number of thioether (sulfide) groups is 1. The zero-order valence-electron chi connectivity index (χ0n) is 14.3. The molecule has 2 N–H and O–H groups in total. The quantitative estimate of drug-likeness (QED) is 0.866. The Bertz CT molecular complexity index is 879. The Hall–Kier alpha value is -2.44. The number of hydrogen-bond donors (Lipinski definition) is 2. The second-order valence-electron chi connectivity index (χ2n) is 6.25. The van der Waals surface area contributed by atoms with Crippen LogP contribution in [0.15, 0.2) is 58.9 Å². The van der Waals surface area contributed by atoms with E-state index >= 15 is 0 Å². The Morgan fingerprint density at radius 2 is 2.00 bits per heavy atom. The topological polar surface area (TPSA) is 67.8 Å². The van der Waals surface area contributed by atoms with E-state index < -0.39 is 6.10 Å². The first-order valence-corrected chi connectivity index (χ1v) is 9.44. The van der Waals surface area contributed by atoms with E-state index in [1.807, 2.05) is 42.5 Å². The van der Waals surface area contributed by atoms with Crippen molar-refractivity contribution >= 4 is 17.7 Å². The SMILES string of the molecule is CC(=O)NCC1=C(Cc2ccccc2)Oc2ccc3c(c2O1)C(O)CS3. The molecule has 0 radical (unpaired) electrons. The van der Waals surface area contributed by atoms with Crippen molar-refractivity contribution < 1.29 is 19.4 Å². The first-order valence-electron chi connectivity index (χ1n) is 8.45. The molecule has 2 aliphatic rings. The van der Waals surface area contributed by atoms with Crippen molar-refractivity contribution in [1.29, 1.82) is 0 Å². The minimum absolute atomic E-state index is 0.139. The summed E-state index contributed by atoms with van der Waals surface area (Å²) in [5, 5.41) is 13.1. The maximum Gasteiger partial charge on any atom is 0.217 e. The van der Waals surface area contributed by atoms with Gasteiger partial charge in [0.1, 0.15) is 5.76 Å². The molecular weight excluding hydrogens is 350 g/mol. The molecule has 1 atom stereocenters. The second-order valence-corrected chi connectivity index (χ2v) is 7.32. The lowest BCUT2D eigenvalue weighted by atomic mass is 10.1. The number of aliphatic hydroxyl groups excluding tert-OH is 1. The predicted molar refractivity (Wildman–Crippen MR) is 99.2 cm³/mol. The molecule has 1 amide bonds. The lowest BCUT2D eigenvalue weighted by molar-refractivity contribution is -0.118. The molecule has 0 spiro atoms.